The number of aromatic nitrogens is 3. The molecule has 2 N–H and O–H groups in total. The summed E-state index contributed by atoms with van der Waals surface area (Å²) in [5, 5.41) is 4.09. The van der Waals surface area contributed by atoms with Gasteiger partial charge >= 0.3 is 0 Å². The van der Waals surface area contributed by atoms with Gasteiger partial charge in [0.05, 0.1) is 6.54 Å². The van der Waals surface area contributed by atoms with Gasteiger partial charge in [-0.15, -0.1) is 0 Å². The Balaban J connectivity index is 1.69. The average molecular weight is 209 g/mol. The minimum absolute atomic E-state index is 0.743. The number of piperidine rings is 1. The number of hydrogen-bond acceptors (Lipinski definition) is 4. The van der Waals surface area contributed by atoms with E-state index in [9.17, 15) is 0 Å². The van der Waals surface area contributed by atoms with Crippen molar-refractivity contribution >= 4 is 0 Å². The van der Waals surface area contributed by atoms with Crippen molar-refractivity contribution in [2.75, 3.05) is 26.2 Å². The summed E-state index contributed by atoms with van der Waals surface area (Å²) in [5.41, 5.74) is 5.66. The highest BCUT2D eigenvalue weighted by atomic mass is 15.3. The van der Waals surface area contributed by atoms with E-state index >= 15 is 0 Å². The molecule has 0 radical (unpaired) electrons. The molecule has 0 atom stereocenters. The average Bonchev–Trinajstić information content (AvgIpc) is 2.80. The van der Waals surface area contributed by atoms with Crippen molar-refractivity contribution in [2.45, 2.75) is 19.4 Å². The van der Waals surface area contributed by atoms with Crippen molar-refractivity contribution in [3.8, 4) is 0 Å². The molecule has 0 amide bonds. The van der Waals surface area contributed by atoms with Crippen LogP contribution in [0.25, 0.3) is 0 Å². The van der Waals surface area contributed by atoms with E-state index in [0.717, 1.165) is 25.6 Å². The van der Waals surface area contributed by atoms with Gasteiger partial charge in [0.15, 0.2) is 0 Å². The summed E-state index contributed by atoms with van der Waals surface area (Å²) in [4.78, 5) is 6.41. The lowest BCUT2D eigenvalue weighted by Gasteiger charge is -2.31. The summed E-state index contributed by atoms with van der Waals surface area (Å²) in [6, 6.07) is 0. The molecule has 1 aromatic rings. The SMILES string of the molecule is NCC1CCN(CCn2cncn2)CC1. The van der Waals surface area contributed by atoms with Crippen molar-refractivity contribution < 1.29 is 0 Å². The van der Waals surface area contributed by atoms with Crippen LogP contribution in [0.2, 0.25) is 0 Å². The summed E-state index contributed by atoms with van der Waals surface area (Å²) in [6.07, 6.45) is 5.84. The Morgan fingerprint density at radius 2 is 2.07 bits per heavy atom. The van der Waals surface area contributed by atoms with E-state index in [-0.39, 0.29) is 0 Å². The van der Waals surface area contributed by atoms with Crippen LogP contribution in [-0.4, -0.2) is 45.8 Å². The second kappa shape index (κ2) is 5.23. The van der Waals surface area contributed by atoms with Crippen LogP contribution in [0.3, 0.4) is 0 Å². The molecule has 0 bridgehead atoms. The summed E-state index contributed by atoms with van der Waals surface area (Å²) in [5.74, 6) is 0.743. The van der Waals surface area contributed by atoms with Gasteiger partial charge in [-0.1, -0.05) is 0 Å². The van der Waals surface area contributed by atoms with Crippen LogP contribution in [0.1, 0.15) is 12.8 Å². The Morgan fingerprint density at radius 3 is 2.67 bits per heavy atom. The fourth-order valence-corrected chi connectivity index (χ4v) is 2.04. The van der Waals surface area contributed by atoms with Crippen LogP contribution in [0, 0.1) is 5.92 Å². The highest BCUT2D eigenvalue weighted by molar-refractivity contribution is 4.72. The zero-order valence-electron chi connectivity index (χ0n) is 9.05. The predicted molar refractivity (Wildman–Crippen MR) is 58.2 cm³/mol. The molecule has 5 heteroatoms. The molecule has 1 fully saturated rings. The van der Waals surface area contributed by atoms with Gasteiger partial charge < -0.3 is 10.6 Å². The summed E-state index contributed by atoms with van der Waals surface area (Å²) in [7, 11) is 0. The molecule has 1 aliphatic rings. The van der Waals surface area contributed by atoms with Crippen molar-refractivity contribution in [1.82, 2.24) is 19.7 Å². The third-order valence-corrected chi connectivity index (χ3v) is 3.15. The molecular weight excluding hydrogens is 190 g/mol. The van der Waals surface area contributed by atoms with Gasteiger partial charge in [-0.3, -0.25) is 4.68 Å². The van der Waals surface area contributed by atoms with Gasteiger partial charge in [0.25, 0.3) is 0 Å². The zero-order chi connectivity index (χ0) is 10.5. The Kier molecular flexibility index (Phi) is 3.69. The predicted octanol–water partition coefficient (Wildman–Crippen LogP) is -0.0512. The van der Waals surface area contributed by atoms with E-state index < -0.39 is 0 Å². The van der Waals surface area contributed by atoms with Crippen molar-refractivity contribution in [2.24, 2.45) is 11.7 Å². The smallest absolute Gasteiger partial charge is 0.137 e. The van der Waals surface area contributed by atoms with Gasteiger partial charge in [-0.05, 0) is 38.4 Å². The molecule has 5 nitrogen and oxygen atoms in total. The van der Waals surface area contributed by atoms with E-state index in [0.29, 0.717) is 0 Å². The third-order valence-electron chi connectivity index (χ3n) is 3.15. The Morgan fingerprint density at radius 1 is 1.27 bits per heavy atom. The molecule has 0 unspecified atom stereocenters. The molecule has 1 saturated heterocycles. The van der Waals surface area contributed by atoms with E-state index in [4.69, 9.17) is 5.73 Å². The van der Waals surface area contributed by atoms with Crippen LogP contribution in [0.15, 0.2) is 12.7 Å². The first-order valence-electron chi connectivity index (χ1n) is 5.63. The number of nitrogens with zero attached hydrogens (tertiary/aromatic N) is 4. The first-order chi connectivity index (χ1) is 7.38. The van der Waals surface area contributed by atoms with Gasteiger partial charge in [-0.25, -0.2) is 4.98 Å². The lowest BCUT2D eigenvalue weighted by atomic mass is 9.97. The molecule has 0 spiro atoms. The van der Waals surface area contributed by atoms with Gasteiger partial charge in [0, 0.05) is 6.54 Å². The zero-order valence-corrected chi connectivity index (χ0v) is 9.05. The van der Waals surface area contributed by atoms with Gasteiger partial charge in [0.2, 0.25) is 0 Å². The minimum Gasteiger partial charge on any atom is -0.330 e. The van der Waals surface area contributed by atoms with E-state index in [1.165, 1.54) is 25.9 Å². The molecule has 1 aromatic heterocycles. The van der Waals surface area contributed by atoms with Crippen molar-refractivity contribution in [1.29, 1.82) is 0 Å². The van der Waals surface area contributed by atoms with Crippen LogP contribution >= 0.6 is 0 Å². The normalized spacial score (nSPS) is 19.5. The van der Waals surface area contributed by atoms with Crippen molar-refractivity contribution in [3.63, 3.8) is 0 Å². The Hall–Kier alpha value is -0.940. The molecule has 1 aliphatic heterocycles. The van der Waals surface area contributed by atoms with E-state index in [1.54, 1.807) is 12.7 Å². The summed E-state index contributed by atoms with van der Waals surface area (Å²) in [6.45, 7) is 5.21. The van der Waals surface area contributed by atoms with Crippen LogP contribution in [0.5, 0.6) is 0 Å². The molecule has 2 heterocycles. The first kappa shape index (κ1) is 10.6. The summed E-state index contributed by atoms with van der Waals surface area (Å²) < 4.78 is 1.88. The fourth-order valence-electron chi connectivity index (χ4n) is 2.04. The quantitative estimate of drug-likeness (QED) is 0.755. The van der Waals surface area contributed by atoms with Gasteiger partial charge in [0.1, 0.15) is 12.7 Å². The topological polar surface area (TPSA) is 60.0 Å². The highest BCUT2D eigenvalue weighted by Gasteiger charge is 2.17. The first-order valence-corrected chi connectivity index (χ1v) is 5.63. The third kappa shape index (κ3) is 3.00. The van der Waals surface area contributed by atoms with E-state index in [1.807, 2.05) is 4.68 Å². The van der Waals surface area contributed by atoms with Gasteiger partial charge in [-0.2, -0.15) is 5.10 Å². The second-order valence-corrected chi connectivity index (χ2v) is 4.18. The lowest BCUT2D eigenvalue weighted by molar-refractivity contribution is 0.180. The van der Waals surface area contributed by atoms with Crippen LogP contribution < -0.4 is 5.73 Å². The molecule has 0 saturated carbocycles. The Bertz CT molecular complexity index is 263. The molecule has 2 rings (SSSR count). The lowest BCUT2D eigenvalue weighted by Crippen LogP contribution is -2.37. The number of hydrogen-bond donors (Lipinski definition) is 1. The highest BCUT2D eigenvalue weighted by Crippen LogP contribution is 2.15. The summed E-state index contributed by atoms with van der Waals surface area (Å²) >= 11 is 0. The van der Waals surface area contributed by atoms with Crippen LogP contribution in [0.4, 0.5) is 0 Å². The monoisotopic (exact) mass is 209 g/mol. The van der Waals surface area contributed by atoms with Crippen LogP contribution in [-0.2, 0) is 6.54 Å². The maximum atomic E-state index is 5.66. The minimum atomic E-state index is 0.743. The fraction of sp³-hybridized carbons (Fsp3) is 0.800. The molecule has 84 valence electrons. The van der Waals surface area contributed by atoms with Crippen molar-refractivity contribution in [3.05, 3.63) is 12.7 Å². The number of likely N-dealkylation sites (tertiary alicyclic amines) is 1. The number of rotatable bonds is 4. The standard InChI is InChI=1S/C10H19N5/c11-7-10-1-3-14(4-2-10)5-6-15-9-12-8-13-15/h8-10H,1-7,11H2. The molecular formula is C10H19N5. The molecule has 15 heavy (non-hydrogen) atoms. The maximum absolute atomic E-state index is 5.66. The maximum Gasteiger partial charge on any atom is 0.137 e. The molecule has 0 aliphatic carbocycles. The number of nitrogens with two attached hydrogens (primary N) is 1. The second-order valence-electron chi connectivity index (χ2n) is 4.18. The molecule has 0 aromatic carbocycles. The Labute approximate surface area is 90.3 Å². The van der Waals surface area contributed by atoms with E-state index in [2.05, 4.69) is 15.0 Å². The largest absolute Gasteiger partial charge is 0.330 e.